The number of ketones is 1. The van der Waals surface area contributed by atoms with Crippen LogP contribution in [-0.4, -0.2) is 5.78 Å². The highest BCUT2D eigenvalue weighted by Gasteiger charge is 2.17. The molecule has 1 aliphatic carbocycles. The van der Waals surface area contributed by atoms with E-state index in [1.807, 2.05) is 19.9 Å². The molecule has 0 aromatic carbocycles. The van der Waals surface area contributed by atoms with E-state index < -0.39 is 0 Å². The van der Waals surface area contributed by atoms with Crippen molar-refractivity contribution < 1.29 is 9.21 Å². The van der Waals surface area contributed by atoms with Gasteiger partial charge in [0.15, 0.2) is 5.78 Å². The van der Waals surface area contributed by atoms with Gasteiger partial charge in [0.25, 0.3) is 0 Å². The topological polar surface area (TPSA) is 30.2 Å². The largest absolute Gasteiger partial charge is 0.466 e. The molecule has 0 unspecified atom stereocenters. The molecule has 2 nitrogen and oxygen atoms in total. The molecule has 1 fully saturated rings. The van der Waals surface area contributed by atoms with E-state index in [-0.39, 0.29) is 5.78 Å². The van der Waals surface area contributed by atoms with Crippen molar-refractivity contribution in [3.8, 4) is 0 Å². The number of furan rings is 1. The van der Waals surface area contributed by atoms with Crippen LogP contribution in [0.15, 0.2) is 10.5 Å². The first-order valence-electron chi connectivity index (χ1n) is 6.77. The summed E-state index contributed by atoms with van der Waals surface area (Å²) in [5, 5.41) is 0. The summed E-state index contributed by atoms with van der Waals surface area (Å²) in [4.78, 5) is 12.1. The van der Waals surface area contributed by atoms with Crippen LogP contribution in [0.2, 0.25) is 0 Å². The summed E-state index contributed by atoms with van der Waals surface area (Å²) < 4.78 is 5.41. The molecule has 0 amide bonds. The maximum absolute atomic E-state index is 12.1. The van der Waals surface area contributed by atoms with Gasteiger partial charge < -0.3 is 4.42 Å². The van der Waals surface area contributed by atoms with Gasteiger partial charge in [-0.15, -0.1) is 0 Å². The SMILES string of the molecule is Cc1cc(C(=O)CCC2CCCCC2)c(C)o1. The van der Waals surface area contributed by atoms with Crippen LogP contribution in [0.3, 0.4) is 0 Å². The minimum absolute atomic E-state index is 0.255. The molecule has 1 aromatic rings. The second-order valence-electron chi connectivity index (χ2n) is 5.29. The van der Waals surface area contributed by atoms with E-state index in [9.17, 15) is 4.79 Å². The molecule has 1 aliphatic rings. The summed E-state index contributed by atoms with van der Waals surface area (Å²) in [6.07, 6.45) is 8.45. The third kappa shape index (κ3) is 3.21. The van der Waals surface area contributed by atoms with E-state index in [2.05, 4.69) is 0 Å². The predicted octanol–water partition coefficient (Wildman–Crippen LogP) is 4.44. The van der Waals surface area contributed by atoms with E-state index >= 15 is 0 Å². The van der Waals surface area contributed by atoms with Crippen LogP contribution in [0, 0.1) is 19.8 Å². The molecule has 17 heavy (non-hydrogen) atoms. The second kappa shape index (κ2) is 5.52. The van der Waals surface area contributed by atoms with Crippen LogP contribution < -0.4 is 0 Å². The van der Waals surface area contributed by atoms with E-state index in [0.29, 0.717) is 6.42 Å². The lowest BCUT2D eigenvalue weighted by Gasteiger charge is -2.20. The standard InChI is InChI=1S/C15H22O2/c1-11-10-14(12(2)17-11)15(16)9-8-13-6-4-3-5-7-13/h10,13H,3-9H2,1-2H3. The Balaban J connectivity index is 1.86. The molecular formula is C15H22O2. The number of aryl methyl sites for hydroxylation is 2. The van der Waals surface area contributed by atoms with E-state index in [1.54, 1.807) is 0 Å². The Morgan fingerprint density at radius 1 is 1.29 bits per heavy atom. The van der Waals surface area contributed by atoms with Gasteiger partial charge in [-0.1, -0.05) is 32.1 Å². The van der Waals surface area contributed by atoms with Crippen LogP contribution >= 0.6 is 0 Å². The molecule has 1 saturated carbocycles. The van der Waals surface area contributed by atoms with Crippen LogP contribution in [0.4, 0.5) is 0 Å². The van der Waals surface area contributed by atoms with Gasteiger partial charge in [0.1, 0.15) is 11.5 Å². The smallest absolute Gasteiger partial charge is 0.166 e. The fourth-order valence-corrected chi connectivity index (χ4v) is 2.85. The van der Waals surface area contributed by atoms with Crippen molar-refractivity contribution in [1.82, 2.24) is 0 Å². The fraction of sp³-hybridized carbons (Fsp3) is 0.667. The zero-order chi connectivity index (χ0) is 12.3. The third-order valence-corrected chi connectivity index (χ3v) is 3.85. The highest BCUT2D eigenvalue weighted by molar-refractivity contribution is 5.97. The molecule has 94 valence electrons. The van der Waals surface area contributed by atoms with Crippen molar-refractivity contribution in [3.63, 3.8) is 0 Å². The quantitative estimate of drug-likeness (QED) is 0.721. The Kier molecular flexibility index (Phi) is 4.03. The average molecular weight is 234 g/mol. The summed E-state index contributed by atoms with van der Waals surface area (Å²) in [5.41, 5.74) is 0.790. The van der Waals surface area contributed by atoms with Crippen molar-refractivity contribution in [2.24, 2.45) is 5.92 Å². The van der Waals surface area contributed by atoms with Gasteiger partial charge in [-0.2, -0.15) is 0 Å². The maximum Gasteiger partial charge on any atom is 0.166 e. The molecular weight excluding hydrogens is 212 g/mol. The van der Waals surface area contributed by atoms with Crippen molar-refractivity contribution in [1.29, 1.82) is 0 Å². The van der Waals surface area contributed by atoms with Crippen LogP contribution in [-0.2, 0) is 0 Å². The lowest BCUT2D eigenvalue weighted by Crippen LogP contribution is -2.09. The fourth-order valence-electron chi connectivity index (χ4n) is 2.85. The lowest BCUT2D eigenvalue weighted by molar-refractivity contribution is 0.0968. The summed E-state index contributed by atoms with van der Waals surface area (Å²) in [6, 6.07) is 1.87. The predicted molar refractivity (Wildman–Crippen MR) is 68.3 cm³/mol. The number of carbonyl (C=O) groups is 1. The summed E-state index contributed by atoms with van der Waals surface area (Å²) in [6.45, 7) is 3.77. The minimum atomic E-state index is 0.255. The molecule has 0 N–H and O–H groups in total. The van der Waals surface area contributed by atoms with Crippen LogP contribution in [0.1, 0.15) is 66.8 Å². The maximum atomic E-state index is 12.1. The number of hydrogen-bond donors (Lipinski definition) is 0. The van der Waals surface area contributed by atoms with Crippen LogP contribution in [0.5, 0.6) is 0 Å². The Bertz CT molecular complexity index is 384. The molecule has 0 radical (unpaired) electrons. The zero-order valence-corrected chi connectivity index (χ0v) is 10.9. The molecule has 2 heteroatoms. The Labute approximate surface area is 103 Å². The van der Waals surface area contributed by atoms with Gasteiger partial charge in [-0.25, -0.2) is 0 Å². The highest BCUT2D eigenvalue weighted by Crippen LogP contribution is 2.28. The zero-order valence-electron chi connectivity index (χ0n) is 10.9. The first kappa shape index (κ1) is 12.4. The monoisotopic (exact) mass is 234 g/mol. The van der Waals surface area contributed by atoms with Crippen molar-refractivity contribution in [2.45, 2.75) is 58.8 Å². The summed E-state index contributed by atoms with van der Waals surface area (Å²) in [5.74, 6) is 2.64. The molecule has 0 atom stereocenters. The van der Waals surface area contributed by atoms with Gasteiger partial charge in [0.2, 0.25) is 0 Å². The Morgan fingerprint density at radius 3 is 2.59 bits per heavy atom. The third-order valence-electron chi connectivity index (χ3n) is 3.85. The highest BCUT2D eigenvalue weighted by atomic mass is 16.3. The van der Waals surface area contributed by atoms with E-state index in [4.69, 9.17) is 4.42 Å². The second-order valence-corrected chi connectivity index (χ2v) is 5.29. The molecule has 0 saturated heterocycles. The average Bonchev–Trinajstić information content (AvgIpc) is 2.67. The molecule has 1 heterocycles. The van der Waals surface area contributed by atoms with Gasteiger partial charge in [-0.3, -0.25) is 4.79 Å². The molecule has 0 bridgehead atoms. The summed E-state index contributed by atoms with van der Waals surface area (Å²) >= 11 is 0. The number of carbonyl (C=O) groups excluding carboxylic acids is 1. The normalized spacial score (nSPS) is 17.3. The van der Waals surface area contributed by atoms with Gasteiger partial charge >= 0.3 is 0 Å². The van der Waals surface area contributed by atoms with Gasteiger partial charge in [0, 0.05) is 6.42 Å². The number of Topliss-reactive ketones (excluding diaryl/α,β-unsaturated/α-hetero) is 1. The van der Waals surface area contributed by atoms with E-state index in [0.717, 1.165) is 29.4 Å². The van der Waals surface area contributed by atoms with E-state index in [1.165, 1.54) is 32.1 Å². The van der Waals surface area contributed by atoms with Crippen molar-refractivity contribution in [3.05, 3.63) is 23.2 Å². The molecule has 1 aromatic heterocycles. The van der Waals surface area contributed by atoms with Gasteiger partial charge in [0.05, 0.1) is 5.56 Å². The van der Waals surface area contributed by atoms with Crippen molar-refractivity contribution in [2.75, 3.05) is 0 Å². The Hall–Kier alpha value is -1.05. The molecule has 0 spiro atoms. The first-order valence-corrected chi connectivity index (χ1v) is 6.77. The number of hydrogen-bond acceptors (Lipinski definition) is 2. The Morgan fingerprint density at radius 2 is 2.00 bits per heavy atom. The minimum Gasteiger partial charge on any atom is -0.466 e. The van der Waals surface area contributed by atoms with Gasteiger partial charge in [-0.05, 0) is 32.3 Å². The first-order chi connectivity index (χ1) is 8.16. The van der Waals surface area contributed by atoms with Crippen LogP contribution in [0.25, 0.3) is 0 Å². The number of rotatable bonds is 4. The molecule has 0 aliphatic heterocycles. The summed E-state index contributed by atoms with van der Waals surface area (Å²) in [7, 11) is 0. The lowest BCUT2D eigenvalue weighted by atomic mass is 9.85. The molecule has 2 rings (SSSR count). The van der Waals surface area contributed by atoms with Crippen molar-refractivity contribution >= 4 is 5.78 Å².